The zero-order chi connectivity index (χ0) is 15.5. The molecule has 2 aliphatic heterocycles. The highest BCUT2D eigenvalue weighted by Crippen LogP contribution is 2.23. The Hall–Kier alpha value is -1.69. The van der Waals surface area contributed by atoms with E-state index in [0.29, 0.717) is 19.4 Å². The zero-order valence-electron chi connectivity index (χ0n) is 13.2. The van der Waals surface area contributed by atoms with Crippen LogP contribution in [0.2, 0.25) is 0 Å². The first-order chi connectivity index (χ1) is 10.6. The topological polar surface area (TPSA) is 58.4 Å². The van der Waals surface area contributed by atoms with Crippen LogP contribution in [0.25, 0.3) is 0 Å². The molecule has 3 heterocycles. The minimum absolute atomic E-state index is 0.00846. The van der Waals surface area contributed by atoms with Gasteiger partial charge in [-0.2, -0.15) is 5.10 Å². The standard InChI is InChI=1S/C16H24N4O2/c1-18-12-13(11-17-18)9-14-10-15(21)20(16(14)22)8-7-19-5-3-2-4-6-19/h11-12,14H,2-10H2,1H3. The number of imide groups is 1. The molecule has 0 spiro atoms. The highest BCUT2D eigenvalue weighted by molar-refractivity contribution is 6.03. The van der Waals surface area contributed by atoms with E-state index in [1.165, 1.54) is 24.2 Å². The Bertz CT molecular complexity index is 548. The Balaban J connectivity index is 1.54. The third-order valence-electron chi connectivity index (χ3n) is 4.67. The van der Waals surface area contributed by atoms with Gasteiger partial charge in [0.05, 0.1) is 12.1 Å². The molecule has 0 N–H and O–H groups in total. The molecule has 2 amide bonds. The Morgan fingerprint density at radius 3 is 2.64 bits per heavy atom. The van der Waals surface area contributed by atoms with Gasteiger partial charge < -0.3 is 4.90 Å². The van der Waals surface area contributed by atoms with Crippen molar-refractivity contribution in [1.82, 2.24) is 19.6 Å². The zero-order valence-corrected chi connectivity index (χ0v) is 13.2. The molecule has 2 aliphatic rings. The van der Waals surface area contributed by atoms with Gasteiger partial charge in [0, 0.05) is 32.8 Å². The van der Waals surface area contributed by atoms with E-state index in [1.807, 2.05) is 13.2 Å². The number of piperidine rings is 1. The molecule has 0 saturated carbocycles. The van der Waals surface area contributed by atoms with Crippen LogP contribution in [-0.2, 0) is 23.1 Å². The van der Waals surface area contributed by atoms with E-state index in [-0.39, 0.29) is 17.7 Å². The number of carbonyl (C=O) groups is 2. The number of nitrogens with zero attached hydrogens (tertiary/aromatic N) is 4. The quantitative estimate of drug-likeness (QED) is 0.756. The molecule has 0 aromatic carbocycles. The van der Waals surface area contributed by atoms with Gasteiger partial charge >= 0.3 is 0 Å². The predicted molar refractivity (Wildman–Crippen MR) is 82.0 cm³/mol. The number of hydrogen-bond acceptors (Lipinski definition) is 4. The van der Waals surface area contributed by atoms with Crippen molar-refractivity contribution in [3.8, 4) is 0 Å². The van der Waals surface area contributed by atoms with E-state index < -0.39 is 0 Å². The van der Waals surface area contributed by atoms with E-state index >= 15 is 0 Å². The molecular weight excluding hydrogens is 280 g/mol. The summed E-state index contributed by atoms with van der Waals surface area (Å²) in [6.07, 6.45) is 8.39. The third kappa shape index (κ3) is 3.38. The molecule has 1 aromatic heterocycles. The van der Waals surface area contributed by atoms with Crippen LogP contribution in [0, 0.1) is 5.92 Å². The SMILES string of the molecule is Cn1cc(CC2CC(=O)N(CCN3CCCCC3)C2=O)cn1. The fourth-order valence-corrected chi connectivity index (χ4v) is 3.43. The molecule has 6 nitrogen and oxygen atoms in total. The maximum atomic E-state index is 12.5. The molecule has 0 aliphatic carbocycles. The number of aryl methyl sites for hydroxylation is 1. The van der Waals surface area contributed by atoms with Gasteiger partial charge in [0.15, 0.2) is 0 Å². The first kappa shape index (κ1) is 15.2. The van der Waals surface area contributed by atoms with Crippen molar-refractivity contribution in [3.05, 3.63) is 18.0 Å². The van der Waals surface area contributed by atoms with Gasteiger partial charge in [-0.1, -0.05) is 6.42 Å². The maximum Gasteiger partial charge on any atom is 0.233 e. The predicted octanol–water partition coefficient (Wildman–Crippen LogP) is 0.824. The summed E-state index contributed by atoms with van der Waals surface area (Å²) in [5.74, 6) is -0.236. The van der Waals surface area contributed by atoms with Crippen LogP contribution in [0.5, 0.6) is 0 Å². The second kappa shape index (κ2) is 6.60. The van der Waals surface area contributed by atoms with Gasteiger partial charge in [0.25, 0.3) is 0 Å². The van der Waals surface area contributed by atoms with Gasteiger partial charge in [-0.3, -0.25) is 19.2 Å². The summed E-state index contributed by atoms with van der Waals surface area (Å²) < 4.78 is 1.73. The largest absolute Gasteiger partial charge is 0.302 e. The number of rotatable bonds is 5. The number of amides is 2. The van der Waals surface area contributed by atoms with Gasteiger partial charge in [-0.05, 0) is 37.9 Å². The molecule has 1 unspecified atom stereocenters. The van der Waals surface area contributed by atoms with Crippen molar-refractivity contribution < 1.29 is 9.59 Å². The van der Waals surface area contributed by atoms with E-state index in [9.17, 15) is 9.59 Å². The van der Waals surface area contributed by atoms with Crippen LogP contribution < -0.4 is 0 Å². The summed E-state index contributed by atoms with van der Waals surface area (Å²) in [6.45, 7) is 3.54. The van der Waals surface area contributed by atoms with Gasteiger partial charge in [0.1, 0.15) is 0 Å². The lowest BCUT2D eigenvalue weighted by molar-refractivity contribution is -0.139. The summed E-state index contributed by atoms with van der Waals surface area (Å²) in [5.41, 5.74) is 1.02. The highest BCUT2D eigenvalue weighted by atomic mass is 16.2. The minimum Gasteiger partial charge on any atom is -0.302 e. The number of aromatic nitrogens is 2. The van der Waals surface area contributed by atoms with Crippen LogP contribution in [0.4, 0.5) is 0 Å². The van der Waals surface area contributed by atoms with Crippen molar-refractivity contribution in [3.63, 3.8) is 0 Å². The lowest BCUT2D eigenvalue weighted by Crippen LogP contribution is -2.40. The summed E-state index contributed by atoms with van der Waals surface area (Å²) in [7, 11) is 1.86. The first-order valence-corrected chi connectivity index (χ1v) is 8.17. The van der Waals surface area contributed by atoms with Crippen LogP contribution >= 0.6 is 0 Å². The Kier molecular flexibility index (Phi) is 4.57. The second-order valence-corrected chi connectivity index (χ2v) is 6.41. The minimum atomic E-state index is -0.210. The van der Waals surface area contributed by atoms with Crippen molar-refractivity contribution >= 4 is 11.8 Å². The smallest absolute Gasteiger partial charge is 0.233 e. The summed E-state index contributed by atoms with van der Waals surface area (Å²) in [4.78, 5) is 28.4. The lowest BCUT2D eigenvalue weighted by Gasteiger charge is -2.28. The van der Waals surface area contributed by atoms with Crippen molar-refractivity contribution in [1.29, 1.82) is 0 Å². The normalized spacial score (nSPS) is 23.5. The Morgan fingerprint density at radius 1 is 1.18 bits per heavy atom. The number of likely N-dealkylation sites (tertiary alicyclic amines) is 2. The molecule has 120 valence electrons. The van der Waals surface area contributed by atoms with Crippen molar-refractivity contribution in [2.45, 2.75) is 32.1 Å². The molecule has 1 atom stereocenters. The monoisotopic (exact) mass is 304 g/mol. The molecule has 1 aromatic rings. The van der Waals surface area contributed by atoms with E-state index in [1.54, 1.807) is 10.9 Å². The van der Waals surface area contributed by atoms with Crippen molar-refractivity contribution in [2.24, 2.45) is 13.0 Å². The second-order valence-electron chi connectivity index (χ2n) is 6.41. The maximum absolute atomic E-state index is 12.5. The van der Waals surface area contributed by atoms with Crippen LogP contribution in [-0.4, -0.2) is 57.6 Å². The van der Waals surface area contributed by atoms with E-state index in [4.69, 9.17) is 0 Å². The van der Waals surface area contributed by atoms with Gasteiger partial charge in [0.2, 0.25) is 11.8 Å². The van der Waals surface area contributed by atoms with Gasteiger partial charge in [-0.15, -0.1) is 0 Å². The first-order valence-electron chi connectivity index (χ1n) is 8.17. The Labute approximate surface area is 131 Å². The molecule has 2 fully saturated rings. The molecule has 0 bridgehead atoms. The summed E-state index contributed by atoms with van der Waals surface area (Å²) in [5, 5.41) is 4.12. The van der Waals surface area contributed by atoms with Crippen molar-refractivity contribution in [2.75, 3.05) is 26.2 Å². The lowest BCUT2D eigenvalue weighted by atomic mass is 10.0. The average Bonchev–Trinajstić information content (AvgIpc) is 3.03. The molecule has 6 heteroatoms. The fourth-order valence-electron chi connectivity index (χ4n) is 3.43. The highest BCUT2D eigenvalue weighted by Gasteiger charge is 2.38. The van der Waals surface area contributed by atoms with Crippen LogP contribution in [0.3, 0.4) is 0 Å². The molecular formula is C16H24N4O2. The Morgan fingerprint density at radius 2 is 1.95 bits per heavy atom. The molecule has 2 saturated heterocycles. The fraction of sp³-hybridized carbons (Fsp3) is 0.688. The van der Waals surface area contributed by atoms with Crippen LogP contribution in [0.1, 0.15) is 31.2 Å². The molecule has 22 heavy (non-hydrogen) atoms. The molecule has 3 rings (SSSR count). The van der Waals surface area contributed by atoms with Crippen LogP contribution in [0.15, 0.2) is 12.4 Å². The number of carbonyl (C=O) groups excluding carboxylic acids is 2. The average molecular weight is 304 g/mol. The summed E-state index contributed by atoms with van der Waals surface area (Å²) in [6, 6.07) is 0. The van der Waals surface area contributed by atoms with E-state index in [0.717, 1.165) is 25.2 Å². The molecule has 0 radical (unpaired) electrons. The third-order valence-corrected chi connectivity index (χ3v) is 4.67. The van der Waals surface area contributed by atoms with Gasteiger partial charge in [-0.25, -0.2) is 0 Å². The summed E-state index contributed by atoms with van der Waals surface area (Å²) >= 11 is 0. The number of hydrogen-bond donors (Lipinski definition) is 0. The van der Waals surface area contributed by atoms with E-state index in [2.05, 4.69) is 10.00 Å².